The highest BCUT2D eigenvalue weighted by atomic mass is 14.3. The predicted octanol–water partition coefficient (Wildman–Crippen LogP) is 7.36. The third kappa shape index (κ3) is 4.66. The van der Waals surface area contributed by atoms with Gasteiger partial charge in [0.1, 0.15) is 7.85 Å². The molecule has 0 unspecified atom stereocenters. The summed E-state index contributed by atoms with van der Waals surface area (Å²) in [5.41, 5.74) is 13.0. The minimum absolute atomic E-state index is 0.0127. The second-order valence-corrected chi connectivity index (χ2v) is 9.60. The first-order chi connectivity index (χ1) is 14.7. The second-order valence-electron chi connectivity index (χ2n) is 9.60. The molecule has 0 aliphatic rings. The third-order valence-electron chi connectivity index (χ3n) is 6.43. The fraction of sp³-hybridized carbons (Fsp3) is 0.400. The lowest BCUT2D eigenvalue weighted by atomic mass is 9.73. The van der Waals surface area contributed by atoms with Gasteiger partial charge in [-0.3, -0.25) is 0 Å². The zero-order valence-electron chi connectivity index (χ0n) is 20.5. The standard InChI is InChI=1S/C30H37B/c1-8-20-15-16-24(22(10-3)17-20)25-13-12-14-26(29(25)30(5,6)7)28-23(11-4)18-21(9-2)19-27(28)31/h12-19H,8-11H2,1-7H3. The maximum absolute atomic E-state index is 6.70. The number of benzene rings is 3. The first kappa shape index (κ1) is 23.4. The lowest BCUT2D eigenvalue weighted by Gasteiger charge is -2.29. The normalized spacial score (nSPS) is 11.7. The summed E-state index contributed by atoms with van der Waals surface area (Å²) in [6, 6.07) is 18.3. The van der Waals surface area contributed by atoms with Gasteiger partial charge in [0, 0.05) is 0 Å². The first-order valence-electron chi connectivity index (χ1n) is 11.9. The highest BCUT2D eigenvalue weighted by Crippen LogP contribution is 2.42. The Labute approximate surface area is 191 Å². The molecule has 160 valence electrons. The summed E-state index contributed by atoms with van der Waals surface area (Å²) in [4.78, 5) is 0. The Kier molecular flexibility index (Phi) is 7.15. The highest BCUT2D eigenvalue weighted by Gasteiger charge is 2.25. The molecule has 0 heterocycles. The minimum atomic E-state index is -0.0127. The SMILES string of the molecule is [B]c1cc(CC)cc(CC)c1-c1cccc(-c2ccc(CC)cc2CC)c1C(C)(C)C. The molecular weight excluding hydrogens is 371 g/mol. The van der Waals surface area contributed by atoms with Crippen molar-refractivity contribution in [1.29, 1.82) is 0 Å². The molecule has 0 aromatic heterocycles. The van der Waals surface area contributed by atoms with Gasteiger partial charge in [-0.25, -0.2) is 0 Å². The van der Waals surface area contributed by atoms with Crippen LogP contribution in [0, 0.1) is 0 Å². The molecule has 0 aliphatic heterocycles. The van der Waals surface area contributed by atoms with Crippen molar-refractivity contribution >= 4 is 13.3 Å². The van der Waals surface area contributed by atoms with E-state index in [0.29, 0.717) is 0 Å². The van der Waals surface area contributed by atoms with E-state index in [4.69, 9.17) is 7.85 Å². The van der Waals surface area contributed by atoms with Crippen LogP contribution >= 0.6 is 0 Å². The van der Waals surface area contributed by atoms with Gasteiger partial charge in [-0.05, 0) is 81.2 Å². The van der Waals surface area contributed by atoms with Crippen molar-refractivity contribution in [1.82, 2.24) is 0 Å². The molecule has 0 bridgehead atoms. The Morgan fingerprint density at radius 3 is 1.84 bits per heavy atom. The van der Waals surface area contributed by atoms with Crippen LogP contribution in [0.1, 0.15) is 76.3 Å². The van der Waals surface area contributed by atoms with Crippen LogP contribution in [0.4, 0.5) is 0 Å². The maximum Gasteiger partial charge on any atom is 0.114 e. The van der Waals surface area contributed by atoms with Crippen LogP contribution in [-0.2, 0) is 31.1 Å². The quantitative estimate of drug-likeness (QED) is 0.374. The van der Waals surface area contributed by atoms with E-state index < -0.39 is 0 Å². The van der Waals surface area contributed by atoms with E-state index in [9.17, 15) is 0 Å². The average molecular weight is 408 g/mol. The molecule has 0 aliphatic carbocycles. The number of rotatable bonds is 6. The summed E-state index contributed by atoms with van der Waals surface area (Å²) in [5, 5.41) is 0. The molecule has 3 aromatic carbocycles. The molecule has 0 spiro atoms. The van der Waals surface area contributed by atoms with Crippen molar-refractivity contribution in [3.8, 4) is 22.3 Å². The minimum Gasteiger partial charge on any atom is -0.0884 e. The topological polar surface area (TPSA) is 0 Å². The Hall–Kier alpha value is -2.28. The van der Waals surface area contributed by atoms with Gasteiger partial charge in [0.15, 0.2) is 0 Å². The molecular formula is C30H37B. The van der Waals surface area contributed by atoms with Crippen molar-refractivity contribution in [2.45, 2.75) is 79.6 Å². The van der Waals surface area contributed by atoms with Crippen LogP contribution in [0.2, 0.25) is 0 Å². The Morgan fingerprint density at radius 1 is 0.645 bits per heavy atom. The lowest BCUT2D eigenvalue weighted by Crippen LogP contribution is -2.19. The van der Waals surface area contributed by atoms with Gasteiger partial charge in [-0.15, -0.1) is 0 Å². The Balaban J connectivity index is 2.37. The largest absolute Gasteiger partial charge is 0.114 e. The molecule has 1 heteroatoms. The molecule has 0 saturated heterocycles. The molecule has 0 fully saturated rings. The summed E-state index contributed by atoms with van der Waals surface area (Å²) >= 11 is 0. The lowest BCUT2D eigenvalue weighted by molar-refractivity contribution is 0.593. The van der Waals surface area contributed by atoms with E-state index >= 15 is 0 Å². The van der Waals surface area contributed by atoms with E-state index in [-0.39, 0.29) is 5.41 Å². The number of hydrogen-bond donors (Lipinski definition) is 0. The number of hydrogen-bond acceptors (Lipinski definition) is 0. The van der Waals surface area contributed by atoms with Gasteiger partial charge in [0.05, 0.1) is 0 Å². The second kappa shape index (κ2) is 9.47. The fourth-order valence-electron chi connectivity index (χ4n) is 4.82. The van der Waals surface area contributed by atoms with Crippen LogP contribution in [0.5, 0.6) is 0 Å². The molecule has 0 nitrogen and oxygen atoms in total. The van der Waals surface area contributed by atoms with Crippen LogP contribution in [-0.4, -0.2) is 7.85 Å². The van der Waals surface area contributed by atoms with E-state index in [0.717, 1.165) is 31.1 Å². The average Bonchev–Trinajstić information content (AvgIpc) is 2.76. The number of aryl methyl sites for hydroxylation is 4. The zero-order valence-corrected chi connectivity index (χ0v) is 20.5. The van der Waals surface area contributed by atoms with Gasteiger partial charge in [-0.2, -0.15) is 0 Å². The molecule has 2 radical (unpaired) electrons. The van der Waals surface area contributed by atoms with Gasteiger partial charge in [0.2, 0.25) is 0 Å². The Bertz CT molecular complexity index is 1070. The van der Waals surface area contributed by atoms with Crippen molar-refractivity contribution in [3.63, 3.8) is 0 Å². The van der Waals surface area contributed by atoms with E-state index in [1.807, 2.05) is 0 Å². The van der Waals surface area contributed by atoms with Crippen LogP contribution < -0.4 is 5.46 Å². The third-order valence-corrected chi connectivity index (χ3v) is 6.43. The first-order valence-corrected chi connectivity index (χ1v) is 11.9. The predicted molar refractivity (Wildman–Crippen MR) is 139 cm³/mol. The van der Waals surface area contributed by atoms with Crippen molar-refractivity contribution in [2.75, 3.05) is 0 Å². The Morgan fingerprint density at radius 2 is 1.26 bits per heavy atom. The van der Waals surface area contributed by atoms with Gasteiger partial charge in [-0.1, -0.05) is 102 Å². The molecule has 0 saturated carbocycles. The van der Waals surface area contributed by atoms with E-state index in [1.165, 1.54) is 50.1 Å². The smallest absolute Gasteiger partial charge is 0.0884 e. The molecule has 31 heavy (non-hydrogen) atoms. The fourth-order valence-corrected chi connectivity index (χ4v) is 4.82. The summed E-state index contributed by atoms with van der Waals surface area (Å²) in [6.07, 6.45) is 4.09. The summed E-state index contributed by atoms with van der Waals surface area (Å²) in [5.74, 6) is 0. The van der Waals surface area contributed by atoms with Crippen molar-refractivity contribution in [3.05, 3.63) is 76.3 Å². The van der Waals surface area contributed by atoms with Gasteiger partial charge >= 0.3 is 0 Å². The van der Waals surface area contributed by atoms with Crippen molar-refractivity contribution < 1.29 is 0 Å². The maximum atomic E-state index is 6.70. The molecule has 0 atom stereocenters. The van der Waals surface area contributed by atoms with Crippen molar-refractivity contribution in [2.24, 2.45) is 0 Å². The highest BCUT2D eigenvalue weighted by molar-refractivity contribution is 6.36. The van der Waals surface area contributed by atoms with Gasteiger partial charge in [0.25, 0.3) is 0 Å². The monoisotopic (exact) mass is 408 g/mol. The van der Waals surface area contributed by atoms with Crippen LogP contribution in [0.3, 0.4) is 0 Å². The molecule has 0 N–H and O–H groups in total. The van der Waals surface area contributed by atoms with E-state index in [1.54, 1.807) is 0 Å². The molecule has 3 rings (SSSR count). The molecule has 0 amide bonds. The van der Waals surface area contributed by atoms with Gasteiger partial charge < -0.3 is 0 Å². The summed E-state index contributed by atoms with van der Waals surface area (Å²) < 4.78 is 0. The zero-order chi connectivity index (χ0) is 22.8. The summed E-state index contributed by atoms with van der Waals surface area (Å²) in [6.45, 7) is 15.9. The van der Waals surface area contributed by atoms with E-state index in [2.05, 4.69) is 97.0 Å². The van der Waals surface area contributed by atoms with Crippen LogP contribution in [0.25, 0.3) is 22.3 Å². The summed E-state index contributed by atoms with van der Waals surface area (Å²) in [7, 11) is 6.70. The van der Waals surface area contributed by atoms with Crippen LogP contribution in [0.15, 0.2) is 48.5 Å². The molecule has 3 aromatic rings.